The van der Waals surface area contributed by atoms with Crippen molar-refractivity contribution in [3.05, 3.63) is 38.9 Å². The summed E-state index contributed by atoms with van der Waals surface area (Å²) < 4.78 is 0. The van der Waals surface area contributed by atoms with Gasteiger partial charge in [-0.05, 0) is 37.4 Å². The lowest BCUT2D eigenvalue weighted by molar-refractivity contribution is -0.384. The van der Waals surface area contributed by atoms with Crippen molar-refractivity contribution < 1.29 is 10.0 Å². The molecule has 1 saturated heterocycles. The van der Waals surface area contributed by atoms with Gasteiger partial charge >= 0.3 is 0 Å². The summed E-state index contributed by atoms with van der Waals surface area (Å²) in [5.74, 6) is 0.303. The zero-order valence-electron chi connectivity index (χ0n) is 10.8. The highest BCUT2D eigenvalue weighted by Crippen LogP contribution is 2.26. The van der Waals surface area contributed by atoms with Crippen molar-refractivity contribution >= 4 is 17.3 Å². The summed E-state index contributed by atoms with van der Waals surface area (Å²) >= 11 is 6.07. The van der Waals surface area contributed by atoms with Gasteiger partial charge in [0.25, 0.3) is 5.69 Å². The SMILES string of the molecule is CC(O)C1CCN(Cc2ccc([N+](=O)[O-])cc2Cl)C1. The molecule has 1 fully saturated rings. The molecule has 0 aromatic heterocycles. The maximum Gasteiger partial charge on any atom is 0.270 e. The molecule has 0 amide bonds. The Morgan fingerprint density at radius 3 is 2.89 bits per heavy atom. The van der Waals surface area contributed by atoms with Gasteiger partial charge < -0.3 is 5.11 Å². The van der Waals surface area contributed by atoms with Gasteiger partial charge in [-0.25, -0.2) is 0 Å². The summed E-state index contributed by atoms with van der Waals surface area (Å²) in [6.45, 7) is 4.24. The number of nitrogens with zero attached hydrogens (tertiary/aromatic N) is 2. The Kier molecular flexibility index (Phi) is 4.39. The minimum Gasteiger partial charge on any atom is -0.393 e. The summed E-state index contributed by atoms with van der Waals surface area (Å²) in [4.78, 5) is 12.4. The van der Waals surface area contributed by atoms with E-state index in [0.29, 0.717) is 17.5 Å². The van der Waals surface area contributed by atoms with Gasteiger partial charge in [-0.1, -0.05) is 11.6 Å². The van der Waals surface area contributed by atoms with Gasteiger partial charge in [-0.15, -0.1) is 0 Å². The van der Waals surface area contributed by atoms with E-state index in [0.717, 1.165) is 25.1 Å². The second-order valence-electron chi connectivity index (χ2n) is 5.06. The Bertz CT molecular complexity index is 479. The molecule has 1 aliphatic heterocycles. The van der Waals surface area contributed by atoms with Crippen molar-refractivity contribution in [1.29, 1.82) is 0 Å². The number of nitro benzene ring substituents is 1. The van der Waals surface area contributed by atoms with E-state index in [1.165, 1.54) is 12.1 Å². The second kappa shape index (κ2) is 5.86. The number of likely N-dealkylation sites (tertiary alicyclic amines) is 1. The Hall–Kier alpha value is -1.17. The molecule has 1 N–H and O–H groups in total. The van der Waals surface area contributed by atoms with Gasteiger partial charge in [0.1, 0.15) is 0 Å². The van der Waals surface area contributed by atoms with Crippen LogP contribution < -0.4 is 0 Å². The molecule has 104 valence electrons. The average Bonchev–Trinajstić information content (AvgIpc) is 2.80. The van der Waals surface area contributed by atoms with E-state index in [-0.39, 0.29) is 11.8 Å². The molecular weight excluding hydrogens is 268 g/mol. The van der Waals surface area contributed by atoms with E-state index in [1.54, 1.807) is 6.07 Å². The topological polar surface area (TPSA) is 66.6 Å². The van der Waals surface area contributed by atoms with Crippen LogP contribution in [0.15, 0.2) is 18.2 Å². The molecule has 1 aromatic rings. The molecule has 1 heterocycles. The Labute approximate surface area is 116 Å². The summed E-state index contributed by atoms with van der Waals surface area (Å²) in [7, 11) is 0. The number of benzene rings is 1. The van der Waals surface area contributed by atoms with E-state index in [9.17, 15) is 15.2 Å². The fourth-order valence-corrected chi connectivity index (χ4v) is 2.65. The third-order valence-corrected chi connectivity index (χ3v) is 3.98. The summed E-state index contributed by atoms with van der Waals surface area (Å²) in [5.41, 5.74) is 0.899. The molecule has 6 heteroatoms. The molecule has 5 nitrogen and oxygen atoms in total. The lowest BCUT2D eigenvalue weighted by Crippen LogP contribution is -2.24. The van der Waals surface area contributed by atoms with E-state index >= 15 is 0 Å². The van der Waals surface area contributed by atoms with Crippen LogP contribution in [0.5, 0.6) is 0 Å². The standard InChI is InChI=1S/C13H17ClN2O3/c1-9(17)10-4-5-15(7-10)8-11-2-3-12(16(18)19)6-13(11)14/h2-3,6,9-10,17H,4-5,7-8H2,1H3. The molecule has 1 aromatic carbocycles. The van der Waals surface area contributed by atoms with Crippen molar-refractivity contribution in [1.82, 2.24) is 4.90 Å². The normalized spacial score (nSPS) is 21.5. The molecule has 2 atom stereocenters. The molecule has 0 spiro atoms. The molecule has 0 aliphatic carbocycles. The van der Waals surface area contributed by atoms with Crippen molar-refractivity contribution in [2.75, 3.05) is 13.1 Å². The van der Waals surface area contributed by atoms with Crippen molar-refractivity contribution in [3.63, 3.8) is 0 Å². The molecule has 0 radical (unpaired) electrons. The van der Waals surface area contributed by atoms with Gasteiger partial charge in [0.15, 0.2) is 0 Å². The maximum atomic E-state index is 10.6. The third kappa shape index (κ3) is 3.43. The number of nitro groups is 1. The Morgan fingerprint density at radius 1 is 1.63 bits per heavy atom. The molecule has 1 aliphatic rings. The number of non-ortho nitro benzene ring substituents is 1. The minimum absolute atomic E-state index is 0.0111. The second-order valence-corrected chi connectivity index (χ2v) is 5.46. The number of halogens is 1. The van der Waals surface area contributed by atoms with Crippen LogP contribution >= 0.6 is 11.6 Å². The van der Waals surface area contributed by atoms with E-state index in [4.69, 9.17) is 11.6 Å². The first-order valence-corrected chi connectivity index (χ1v) is 6.68. The van der Waals surface area contributed by atoms with Crippen LogP contribution in [0.4, 0.5) is 5.69 Å². The van der Waals surface area contributed by atoms with Crippen molar-refractivity contribution in [2.24, 2.45) is 5.92 Å². The van der Waals surface area contributed by atoms with Gasteiger partial charge in [-0.3, -0.25) is 15.0 Å². The molecule has 0 bridgehead atoms. The largest absolute Gasteiger partial charge is 0.393 e. The molecular formula is C13H17ClN2O3. The van der Waals surface area contributed by atoms with E-state index in [1.807, 2.05) is 6.92 Å². The van der Waals surface area contributed by atoms with Crippen LogP contribution in [0.25, 0.3) is 0 Å². The van der Waals surface area contributed by atoms with Gasteiger partial charge in [0.2, 0.25) is 0 Å². The highest BCUT2D eigenvalue weighted by atomic mass is 35.5. The van der Waals surface area contributed by atoms with Gasteiger partial charge in [0.05, 0.1) is 16.0 Å². The lowest BCUT2D eigenvalue weighted by atomic mass is 10.0. The lowest BCUT2D eigenvalue weighted by Gasteiger charge is -2.18. The number of hydrogen-bond acceptors (Lipinski definition) is 4. The Morgan fingerprint density at radius 2 is 2.37 bits per heavy atom. The first-order valence-electron chi connectivity index (χ1n) is 6.30. The maximum absolute atomic E-state index is 10.6. The average molecular weight is 285 g/mol. The minimum atomic E-state index is -0.449. The summed E-state index contributed by atoms with van der Waals surface area (Å²) in [6.07, 6.45) is 0.680. The number of aliphatic hydroxyl groups excluding tert-OH is 1. The van der Waals surface area contributed by atoms with Gasteiger partial charge in [0, 0.05) is 25.2 Å². The first-order chi connectivity index (χ1) is 8.97. The smallest absolute Gasteiger partial charge is 0.270 e. The predicted octanol–water partition coefficient (Wildman–Crippen LogP) is 2.45. The molecule has 19 heavy (non-hydrogen) atoms. The summed E-state index contributed by atoms with van der Waals surface area (Å²) in [5, 5.41) is 20.6. The van der Waals surface area contributed by atoms with E-state index < -0.39 is 4.92 Å². The zero-order valence-corrected chi connectivity index (χ0v) is 11.5. The number of hydrogen-bond donors (Lipinski definition) is 1. The van der Waals surface area contributed by atoms with E-state index in [2.05, 4.69) is 4.90 Å². The fourth-order valence-electron chi connectivity index (χ4n) is 2.42. The first kappa shape index (κ1) is 14.2. The predicted molar refractivity (Wildman–Crippen MR) is 73.2 cm³/mol. The third-order valence-electron chi connectivity index (χ3n) is 3.63. The highest BCUT2D eigenvalue weighted by Gasteiger charge is 2.26. The van der Waals surface area contributed by atoms with Crippen molar-refractivity contribution in [2.45, 2.75) is 26.0 Å². The zero-order chi connectivity index (χ0) is 14.0. The van der Waals surface area contributed by atoms with Crippen LogP contribution in [-0.4, -0.2) is 34.1 Å². The van der Waals surface area contributed by atoms with Crippen LogP contribution in [0.3, 0.4) is 0 Å². The number of rotatable bonds is 4. The molecule has 2 rings (SSSR count). The molecule has 0 saturated carbocycles. The fraction of sp³-hybridized carbons (Fsp3) is 0.538. The Balaban J connectivity index is 2.02. The highest BCUT2D eigenvalue weighted by molar-refractivity contribution is 6.31. The molecule has 2 unspecified atom stereocenters. The monoisotopic (exact) mass is 284 g/mol. The van der Waals surface area contributed by atoms with Crippen LogP contribution in [-0.2, 0) is 6.54 Å². The quantitative estimate of drug-likeness (QED) is 0.681. The number of aliphatic hydroxyl groups is 1. The van der Waals surface area contributed by atoms with Gasteiger partial charge in [-0.2, -0.15) is 0 Å². The van der Waals surface area contributed by atoms with Crippen LogP contribution in [0.1, 0.15) is 18.9 Å². The van der Waals surface area contributed by atoms with Crippen LogP contribution in [0.2, 0.25) is 5.02 Å². The summed E-state index contributed by atoms with van der Waals surface area (Å²) in [6, 6.07) is 4.57. The van der Waals surface area contributed by atoms with Crippen LogP contribution in [0, 0.1) is 16.0 Å². The van der Waals surface area contributed by atoms with Crippen molar-refractivity contribution in [3.8, 4) is 0 Å².